The lowest BCUT2D eigenvalue weighted by Crippen LogP contribution is -2.42. The van der Waals surface area contributed by atoms with E-state index in [9.17, 15) is 19.1 Å². The number of aliphatic hydroxyl groups is 1. The van der Waals surface area contributed by atoms with E-state index in [0.29, 0.717) is 24.3 Å². The van der Waals surface area contributed by atoms with Crippen molar-refractivity contribution in [2.24, 2.45) is 5.92 Å². The van der Waals surface area contributed by atoms with Gasteiger partial charge in [-0.1, -0.05) is 26.0 Å². The zero-order valence-electron chi connectivity index (χ0n) is 17.7. The smallest absolute Gasteiger partial charge is 0.350 e. The van der Waals surface area contributed by atoms with Crippen LogP contribution in [0, 0.1) is 11.7 Å². The molecular weight excluding hydrogens is 399 g/mol. The molecule has 1 atom stereocenters. The molecule has 0 bridgehead atoms. The molecule has 7 nitrogen and oxygen atoms in total. The normalized spacial score (nSPS) is 16.1. The van der Waals surface area contributed by atoms with Gasteiger partial charge in [-0.3, -0.25) is 9.36 Å². The summed E-state index contributed by atoms with van der Waals surface area (Å²) >= 11 is 0. The van der Waals surface area contributed by atoms with Crippen molar-refractivity contribution in [1.29, 1.82) is 0 Å². The van der Waals surface area contributed by atoms with E-state index >= 15 is 0 Å². The molecule has 1 aliphatic heterocycles. The predicted molar refractivity (Wildman–Crippen MR) is 115 cm³/mol. The first-order chi connectivity index (χ1) is 14.9. The van der Waals surface area contributed by atoms with E-state index in [1.165, 1.54) is 20.2 Å². The van der Waals surface area contributed by atoms with Crippen LogP contribution < -0.4 is 10.6 Å². The van der Waals surface area contributed by atoms with Crippen LogP contribution in [0.3, 0.4) is 0 Å². The minimum absolute atomic E-state index is 0.0477. The Hall–Kier alpha value is -3.26. The van der Waals surface area contributed by atoms with Crippen LogP contribution in [0.5, 0.6) is 0 Å². The Morgan fingerprint density at radius 1 is 1.19 bits per heavy atom. The van der Waals surface area contributed by atoms with E-state index < -0.39 is 5.82 Å². The van der Waals surface area contributed by atoms with Crippen LogP contribution in [-0.2, 0) is 13.2 Å². The highest BCUT2D eigenvalue weighted by Gasteiger charge is 2.35. The van der Waals surface area contributed by atoms with E-state index in [1.54, 1.807) is 30.3 Å². The molecular formula is C23H25FN4O3. The summed E-state index contributed by atoms with van der Waals surface area (Å²) in [5.41, 5.74) is 1.75. The molecule has 2 aromatic carbocycles. The Morgan fingerprint density at radius 3 is 2.55 bits per heavy atom. The minimum Gasteiger partial charge on any atom is -0.388 e. The molecule has 1 unspecified atom stereocenters. The maximum Gasteiger partial charge on any atom is 0.350 e. The van der Waals surface area contributed by atoms with E-state index in [4.69, 9.17) is 0 Å². The first kappa shape index (κ1) is 21.0. The minimum atomic E-state index is -0.438. The SMILES string of the molecule is CCn1c(CO)nn(-c2ccc3c(c2)C(C(C)C)CN(c2ccccc2F)C3=O)c1=O. The largest absolute Gasteiger partial charge is 0.388 e. The summed E-state index contributed by atoms with van der Waals surface area (Å²) in [6.45, 7) is 6.31. The molecule has 8 heteroatoms. The van der Waals surface area contributed by atoms with Gasteiger partial charge in [0.15, 0.2) is 5.82 Å². The number of aromatic nitrogens is 3. The van der Waals surface area contributed by atoms with E-state index in [1.807, 2.05) is 13.0 Å². The van der Waals surface area contributed by atoms with Gasteiger partial charge in [-0.25, -0.2) is 9.18 Å². The molecule has 0 saturated heterocycles. The molecule has 0 radical (unpaired) electrons. The third kappa shape index (κ3) is 3.46. The van der Waals surface area contributed by atoms with Gasteiger partial charge in [0.05, 0.1) is 11.4 Å². The Morgan fingerprint density at radius 2 is 1.94 bits per heavy atom. The number of para-hydroxylation sites is 1. The monoisotopic (exact) mass is 424 g/mol. The summed E-state index contributed by atoms with van der Waals surface area (Å²) < 4.78 is 17.1. The van der Waals surface area contributed by atoms with Crippen molar-refractivity contribution in [3.63, 3.8) is 0 Å². The van der Waals surface area contributed by atoms with Crippen molar-refractivity contribution < 1.29 is 14.3 Å². The van der Waals surface area contributed by atoms with Crippen LogP contribution in [0.4, 0.5) is 10.1 Å². The number of aliphatic hydroxyl groups excluding tert-OH is 1. The van der Waals surface area contributed by atoms with E-state index in [2.05, 4.69) is 18.9 Å². The van der Waals surface area contributed by atoms with Crippen LogP contribution in [0.2, 0.25) is 0 Å². The summed E-state index contributed by atoms with van der Waals surface area (Å²) in [4.78, 5) is 27.5. The lowest BCUT2D eigenvalue weighted by Gasteiger charge is -2.36. The van der Waals surface area contributed by atoms with Crippen molar-refractivity contribution in [3.8, 4) is 5.69 Å². The van der Waals surface area contributed by atoms with Crippen LogP contribution in [-0.4, -0.2) is 31.9 Å². The number of amides is 1. The number of anilines is 1. The van der Waals surface area contributed by atoms with Gasteiger partial charge in [0.1, 0.15) is 12.4 Å². The Balaban J connectivity index is 1.83. The summed E-state index contributed by atoms with van der Waals surface area (Å²) in [5, 5.41) is 13.8. The standard InChI is InChI=1S/C23H25FN4O3/c1-4-26-21(13-29)25-28(23(26)31)15-9-10-16-17(11-15)18(14(2)3)12-27(22(16)30)20-8-6-5-7-19(20)24/h5-11,14,18,29H,4,12-13H2,1-3H3. The molecule has 0 fully saturated rings. The van der Waals surface area contributed by atoms with E-state index in [0.717, 1.165) is 5.56 Å². The Bertz CT molecular complexity index is 1200. The number of benzene rings is 2. The lowest BCUT2D eigenvalue weighted by atomic mass is 9.81. The number of nitrogens with zero attached hydrogens (tertiary/aromatic N) is 4. The molecule has 1 aliphatic rings. The molecule has 31 heavy (non-hydrogen) atoms. The highest BCUT2D eigenvalue weighted by Crippen LogP contribution is 2.37. The van der Waals surface area contributed by atoms with Gasteiger partial charge in [-0.05, 0) is 48.7 Å². The summed E-state index contributed by atoms with van der Waals surface area (Å²) in [6, 6.07) is 11.4. The maximum absolute atomic E-state index is 14.4. The van der Waals surface area contributed by atoms with Crippen LogP contribution in [0.25, 0.3) is 5.69 Å². The summed E-state index contributed by atoms with van der Waals surface area (Å²) in [6.07, 6.45) is 0. The number of carbonyl (C=O) groups excluding carboxylic acids is 1. The first-order valence-corrected chi connectivity index (χ1v) is 10.4. The van der Waals surface area contributed by atoms with Crippen LogP contribution >= 0.6 is 0 Å². The predicted octanol–water partition coefficient (Wildman–Crippen LogP) is 3.09. The third-order valence-corrected chi connectivity index (χ3v) is 5.88. The quantitative estimate of drug-likeness (QED) is 0.683. The van der Waals surface area contributed by atoms with Gasteiger partial charge >= 0.3 is 5.69 Å². The van der Waals surface area contributed by atoms with Crippen LogP contribution in [0.15, 0.2) is 47.3 Å². The number of hydrogen-bond donors (Lipinski definition) is 1. The summed E-state index contributed by atoms with van der Waals surface area (Å²) in [5.74, 6) is -0.298. The lowest BCUT2D eigenvalue weighted by molar-refractivity contribution is 0.0972. The molecule has 0 aliphatic carbocycles. The zero-order valence-corrected chi connectivity index (χ0v) is 17.7. The van der Waals surface area contributed by atoms with Gasteiger partial charge in [0.25, 0.3) is 5.91 Å². The van der Waals surface area contributed by atoms with Crippen molar-refractivity contribution in [3.05, 3.63) is 75.7 Å². The molecule has 4 rings (SSSR count). The average molecular weight is 424 g/mol. The molecule has 0 spiro atoms. The second kappa shape index (κ2) is 8.11. The number of hydrogen-bond acceptors (Lipinski definition) is 4. The van der Waals surface area contributed by atoms with Gasteiger partial charge < -0.3 is 10.0 Å². The Kier molecular flexibility index (Phi) is 5.49. The first-order valence-electron chi connectivity index (χ1n) is 10.4. The topological polar surface area (TPSA) is 80.4 Å². The van der Waals surface area contributed by atoms with Crippen molar-refractivity contribution >= 4 is 11.6 Å². The molecule has 1 amide bonds. The van der Waals surface area contributed by atoms with Crippen LogP contribution in [0.1, 0.15) is 48.4 Å². The molecule has 1 N–H and O–H groups in total. The highest BCUT2D eigenvalue weighted by atomic mass is 19.1. The molecule has 3 aromatic rings. The second-order valence-electron chi connectivity index (χ2n) is 8.00. The van der Waals surface area contributed by atoms with Gasteiger partial charge in [-0.15, -0.1) is 5.10 Å². The second-order valence-corrected chi connectivity index (χ2v) is 8.00. The van der Waals surface area contributed by atoms with Crippen molar-refractivity contribution in [1.82, 2.24) is 14.3 Å². The fraction of sp³-hybridized carbons (Fsp3) is 0.348. The van der Waals surface area contributed by atoms with Gasteiger partial charge in [-0.2, -0.15) is 4.68 Å². The number of fused-ring (bicyclic) bond motifs is 1. The van der Waals surface area contributed by atoms with Gasteiger partial charge in [0, 0.05) is 24.6 Å². The maximum atomic E-state index is 14.4. The average Bonchev–Trinajstić information content (AvgIpc) is 3.09. The molecule has 0 saturated carbocycles. The fourth-order valence-corrected chi connectivity index (χ4v) is 4.19. The molecule has 1 aromatic heterocycles. The third-order valence-electron chi connectivity index (χ3n) is 5.88. The molecule has 162 valence electrons. The summed E-state index contributed by atoms with van der Waals surface area (Å²) in [7, 11) is 0. The number of rotatable bonds is 5. The van der Waals surface area contributed by atoms with Crippen molar-refractivity contribution in [2.75, 3.05) is 11.4 Å². The van der Waals surface area contributed by atoms with Gasteiger partial charge in [0.2, 0.25) is 0 Å². The number of carbonyl (C=O) groups is 1. The highest BCUT2D eigenvalue weighted by molar-refractivity contribution is 6.08. The fourth-order valence-electron chi connectivity index (χ4n) is 4.19. The zero-order chi connectivity index (χ0) is 22.3. The number of halogens is 1. The Labute approximate surface area is 179 Å². The van der Waals surface area contributed by atoms with E-state index in [-0.39, 0.29) is 41.6 Å². The van der Waals surface area contributed by atoms with Crippen molar-refractivity contribution in [2.45, 2.75) is 39.8 Å². The molecule has 2 heterocycles.